The molecule has 1 aliphatic rings. The standard InChI is InChI=1S/C18H23N5O2/c1-12-8-20-23(10-12)14(3)13(2)19-9-18(25)22-11-17(24)21-15-6-4-5-7-16(15)22/h4-8,10,13-14,19H,9,11H2,1-3H3,(H,21,24)/t13-,14+/m0/s1. The number of carbonyl (C=O) groups is 2. The molecule has 0 fully saturated rings. The number of amides is 2. The van der Waals surface area contributed by atoms with Gasteiger partial charge >= 0.3 is 0 Å². The number of nitrogens with one attached hydrogen (secondary N) is 2. The summed E-state index contributed by atoms with van der Waals surface area (Å²) in [7, 11) is 0. The number of nitrogens with zero attached hydrogens (tertiary/aromatic N) is 3. The van der Waals surface area contributed by atoms with Gasteiger partial charge in [-0.1, -0.05) is 12.1 Å². The second-order valence-electron chi connectivity index (χ2n) is 6.45. The fourth-order valence-electron chi connectivity index (χ4n) is 2.85. The van der Waals surface area contributed by atoms with Crippen LogP contribution in [-0.4, -0.2) is 40.7 Å². The Kier molecular flexibility index (Phi) is 4.85. The van der Waals surface area contributed by atoms with E-state index >= 15 is 0 Å². The average molecular weight is 341 g/mol. The molecule has 0 bridgehead atoms. The van der Waals surface area contributed by atoms with Gasteiger partial charge in [0.2, 0.25) is 11.8 Å². The first-order valence-corrected chi connectivity index (χ1v) is 8.39. The average Bonchev–Trinajstić information content (AvgIpc) is 3.04. The third-order valence-electron chi connectivity index (χ3n) is 4.52. The normalized spacial score (nSPS) is 16.1. The van der Waals surface area contributed by atoms with Crippen molar-refractivity contribution in [2.45, 2.75) is 32.9 Å². The van der Waals surface area contributed by atoms with Crippen LogP contribution in [-0.2, 0) is 9.59 Å². The van der Waals surface area contributed by atoms with Gasteiger partial charge in [0.1, 0.15) is 6.54 Å². The molecule has 1 aliphatic heterocycles. The molecule has 7 heteroatoms. The Bertz CT molecular complexity index is 785. The quantitative estimate of drug-likeness (QED) is 0.868. The highest BCUT2D eigenvalue weighted by atomic mass is 16.2. The number of rotatable bonds is 5. The van der Waals surface area contributed by atoms with Gasteiger partial charge in [0.15, 0.2) is 0 Å². The van der Waals surface area contributed by atoms with Gasteiger partial charge in [0.05, 0.1) is 30.2 Å². The number of benzene rings is 1. The molecule has 2 N–H and O–H groups in total. The van der Waals surface area contributed by atoms with E-state index in [1.807, 2.05) is 49.1 Å². The van der Waals surface area contributed by atoms with Crippen molar-refractivity contribution >= 4 is 23.2 Å². The number of anilines is 2. The van der Waals surface area contributed by atoms with Crippen molar-refractivity contribution in [1.82, 2.24) is 15.1 Å². The number of fused-ring (bicyclic) bond motifs is 1. The van der Waals surface area contributed by atoms with Gasteiger partial charge in [-0.05, 0) is 38.5 Å². The van der Waals surface area contributed by atoms with Crippen molar-refractivity contribution in [3.8, 4) is 0 Å². The van der Waals surface area contributed by atoms with E-state index in [1.165, 1.54) is 4.90 Å². The fraction of sp³-hybridized carbons (Fsp3) is 0.389. The lowest BCUT2D eigenvalue weighted by atomic mass is 10.1. The Balaban J connectivity index is 1.64. The third kappa shape index (κ3) is 3.71. The van der Waals surface area contributed by atoms with Gasteiger partial charge in [0, 0.05) is 12.2 Å². The van der Waals surface area contributed by atoms with E-state index < -0.39 is 0 Å². The van der Waals surface area contributed by atoms with E-state index in [2.05, 4.69) is 22.7 Å². The first-order chi connectivity index (χ1) is 12.0. The van der Waals surface area contributed by atoms with E-state index in [9.17, 15) is 9.59 Å². The van der Waals surface area contributed by atoms with Crippen LogP contribution in [0, 0.1) is 6.92 Å². The van der Waals surface area contributed by atoms with Crippen LogP contribution >= 0.6 is 0 Å². The number of carbonyl (C=O) groups excluding carboxylic acids is 2. The zero-order valence-electron chi connectivity index (χ0n) is 14.7. The summed E-state index contributed by atoms with van der Waals surface area (Å²) in [6.07, 6.45) is 3.80. The largest absolute Gasteiger partial charge is 0.323 e. The Morgan fingerprint density at radius 1 is 1.36 bits per heavy atom. The minimum absolute atomic E-state index is 0.0415. The highest BCUT2D eigenvalue weighted by molar-refractivity contribution is 6.10. The van der Waals surface area contributed by atoms with E-state index in [4.69, 9.17) is 0 Å². The summed E-state index contributed by atoms with van der Waals surface area (Å²) in [4.78, 5) is 26.0. The summed E-state index contributed by atoms with van der Waals surface area (Å²) in [6, 6.07) is 7.49. The van der Waals surface area contributed by atoms with E-state index in [0.29, 0.717) is 5.69 Å². The van der Waals surface area contributed by atoms with Crippen LogP contribution in [0.4, 0.5) is 11.4 Å². The lowest BCUT2D eigenvalue weighted by molar-refractivity contribution is -0.121. The number of aromatic nitrogens is 2. The van der Waals surface area contributed by atoms with E-state index in [0.717, 1.165) is 11.3 Å². The molecule has 0 radical (unpaired) electrons. The summed E-state index contributed by atoms with van der Waals surface area (Å²) in [5, 5.41) is 10.4. The summed E-state index contributed by atoms with van der Waals surface area (Å²) in [5.74, 6) is -0.307. The third-order valence-corrected chi connectivity index (χ3v) is 4.52. The van der Waals surface area contributed by atoms with Crippen molar-refractivity contribution in [2.75, 3.05) is 23.3 Å². The second kappa shape index (κ2) is 7.06. The molecule has 132 valence electrons. The SMILES string of the molecule is Cc1cnn([C@H](C)[C@H](C)NCC(=O)N2CC(=O)Nc3ccccc32)c1. The molecule has 7 nitrogen and oxygen atoms in total. The second-order valence-corrected chi connectivity index (χ2v) is 6.45. The molecular formula is C18H23N5O2. The highest BCUT2D eigenvalue weighted by Gasteiger charge is 2.27. The molecule has 0 saturated carbocycles. The van der Waals surface area contributed by atoms with Crippen LogP contribution < -0.4 is 15.5 Å². The summed E-state index contributed by atoms with van der Waals surface area (Å²) >= 11 is 0. The predicted octanol–water partition coefficient (Wildman–Crippen LogP) is 1.72. The van der Waals surface area contributed by atoms with Crippen molar-refractivity contribution in [3.05, 3.63) is 42.2 Å². The van der Waals surface area contributed by atoms with Gasteiger partial charge in [-0.25, -0.2) is 0 Å². The maximum absolute atomic E-state index is 12.6. The maximum Gasteiger partial charge on any atom is 0.244 e. The molecule has 0 unspecified atom stereocenters. The van der Waals surface area contributed by atoms with Crippen LogP contribution in [0.25, 0.3) is 0 Å². The first-order valence-electron chi connectivity index (χ1n) is 8.39. The van der Waals surface area contributed by atoms with Crippen LogP contribution in [0.1, 0.15) is 25.5 Å². The topological polar surface area (TPSA) is 79.3 Å². The predicted molar refractivity (Wildman–Crippen MR) is 96.6 cm³/mol. The van der Waals surface area contributed by atoms with Crippen molar-refractivity contribution in [3.63, 3.8) is 0 Å². The molecule has 25 heavy (non-hydrogen) atoms. The van der Waals surface area contributed by atoms with Crippen molar-refractivity contribution in [2.24, 2.45) is 0 Å². The van der Waals surface area contributed by atoms with Gasteiger partial charge in [-0.3, -0.25) is 19.2 Å². The number of hydrogen-bond acceptors (Lipinski definition) is 4. The molecule has 3 rings (SSSR count). The molecule has 0 spiro atoms. The number of aryl methyl sites for hydroxylation is 1. The summed E-state index contributed by atoms with van der Waals surface area (Å²) < 4.78 is 1.89. The van der Waals surface area contributed by atoms with Crippen LogP contribution in [0.5, 0.6) is 0 Å². The fourth-order valence-corrected chi connectivity index (χ4v) is 2.85. The van der Waals surface area contributed by atoms with Crippen molar-refractivity contribution in [1.29, 1.82) is 0 Å². The minimum atomic E-state index is -0.180. The molecule has 1 aromatic heterocycles. The molecule has 2 aromatic rings. The Morgan fingerprint density at radius 2 is 2.12 bits per heavy atom. The molecule has 1 aromatic carbocycles. The Labute approximate surface area is 147 Å². The monoisotopic (exact) mass is 341 g/mol. The smallest absolute Gasteiger partial charge is 0.244 e. The molecule has 2 atom stereocenters. The zero-order chi connectivity index (χ0) is 18.0. The van der Waals surface area contributed by atoms with E-state index in [1.54, 1.807) is 6.07 Å². The van der Waals surface area contributed by atoms with Crippen LogP contribution in [0.15, 0.2) is 36.7 Å². The van der Waals surface area contributed by atoms with Gasteiger partial charge < -0.3 is 10.6 Å². The molecule has 0 aliphatic carbocycles. The number of para-hydroxylation sites is 2. The Morgan fingerprint density at radius 3 is 2.84 bits per heavy atom. The first kappa shape index (κ1) is 17.2. The zero-order valence-corrected chi connectivity index (χ0v) is 14.7. The lowest BCUT2D eigenvalue weighted by Crippen LogP contribution is -2.47. The number of hydrogen-bond donors (Lipinski definition) is 2. The highest BCUT2D eigenvalue weighted by Crippen LogP contribution is 2.28. The minimum Gasteiger partial charge on any atom is -0.323 e. The summed E-state index contributed by atoms with van der Waals surface area (Å²) in [6.45, 7) is 6.27. The molecule has 2 amide bonds. The van der Waals surface area contributed by atoms with Crippen LogP contribution in [0.2, 0.25) is 0 Å². The molecule has 2 heterocycles. The van der Waals surface area contributed by atoms with Gasteiger partial charge in [0.25, 0.3) is 0 Å². The van der Waals surface area contributed by atoms with Crippen LogP contribution in [0.3, 0.4) is 0 Å². The maximum atomic E-state index is 12.6. The molecule has 0 saturated heterocycles. The summed E-state index contributed by atoms with van der Waals surface area (Å²) in [5.41, 5.74) is 2.50. The van der Waals surface area contributed by atoms with E-state index in [-0.39, 0.29) is 37.0 Å². The van der Waals surface area contributed by atoms with Gasteiger partial charge in [-0.2, -0.15) is 5.10 Å². The van der Waals surface area contributed by atoms with Crippen molar-refractivity contribution < 1.29 is 9.59 Å². The van der Waals surface area contributed by atoms with Gasteiger partial charge in [-0.15, -0.1) is 0 Å². The Hall–Kier alpha value is -2.67. The molecular weight excluding hydrogens is 318 g/mol. The lowest BCUT2D eigenvalue weighted by Gasteiger charge is -2.30.